The first-order valence-electron chi connectivity index (χ1n) is 3.10. The molecule has 1 aliphatic rings. The quantitative estimate of drug-likeness (QED) is 0.504. The predicted octanol–water partition coefficient (Wildman–Crippen LogP) is 2.30. The van der Waals surface area contributed by atoms with Crippen LogP contribution in [0.1, 0.15) is 6.42 Å². The molecular formula is C6H10NPS2. The molecule has 0 aromatic rings. The summed E-state index contributed by atoms with van der Waals surface area (Å²) in [6.45, 7) is -0.0738. The minimum Gasteiger partial charge on any atom is -0.282 e. The molecule has 4 heteroatoms. The molecule has 1 aliphatic heterocycles. The summed E-state index contributed by atoms with van der Waals surface area (Å²) in [6, 6.07) is 0. The second kappa shape index (κ2) is 4.51. The Labute approximate surface area is 71.4 Å². The fraction of sp³-hybridized carbons (Fsp3) is 0.667. The summed E-state index contributed by atoms with van der Waals surface area (Å²) < 4.78 is 0. The van der Waals surface area contributed by atoms with Gasteiger partial charge in [0.25, 0.3) is 0 Å². The van der Waals surface area contributed by atoms with Crippen molar-refractivity contribution in [1.82, 2.24) is 5.09 Å². The molecule has 10 heavy (non-hydrogen) atoms. The largest absolute Gasteiger partial charge is 0.282 e. The van der Waals surface area contributed by atoms with Crippen LogP contribution in [-0.2, 0) is 0 Å². The molecule has 1 saturated heterocycles. The van der Waals surface area contributed by atoms with Crippen molar-refractivity contribution < 1.29 is 0 Å². The van der Waals surface area contributed by atoms with Crippen molar-refractivity contribution in [1.29, 1.82) is 0 Å². The Morgan fingerprint density at radius 1 is 1.80 bits per heavy atom. The Kier molecular flexibility index (Phi) is 3.95. The van der Waals surface area contributed by atoms with E-state index in [1.165, 1.54) is 12.2 Å². The molecule has 1 rings (SSSR count). The molecule has 1 N–H and O–H groups in total. The maximum absolute atomic E-state index is 5.32. The number of rotatable bonds is 1. The van der Waals surface area contributed by atoms with Crippen molar-refractivity contribution in [3.05, 3.63) is 0 Å². The van der Waals surface area contributed by atoms with Gasteiger partial charge in [0, 0.05) is 5.75 Å². The molecular weight excluding hydrogens is 181 g/mol. The van der Waals surface area contributed by atoms with Crippen LogP contribution < -0.4 is 5.09 Å². The highest BCUT2D eigenvalue weighted by molar-refractivity contribution is 8.88. The zero-order valence-corrected chi connectivity index (χ0v) is 8.36. The minimum absolute atomic E-state index is 0.0738. The fourth-order valence-electron chi connectivity index (χ4n) is 0.672. The third-order valence-electron chi connectivity index (χ3n) is 1.18. The average molecular weight is 191 g/mol. The van der Waals surface area contributed by atoms with Crippen LogP contribution in [0.5, 0.6) is 0 Å². The molecule has 56 valence electrons. The van der Waals surface area contributed by atoms with Gasteiger partial charge < -0.3 is 0 Å². The topological polar surface area (TPSA) is 12.0 Å². The van der Waals surface area contributed by atoms with Gasteiger partial charge in [-0.3, -0.25) is 5.09 Å². The Hall–Kier alpha value is 0.650. The lowest BCUT2D eigenvalue weighted by molar-refractivity contribution is 1.02. The SMILES string of the molecule is C#CC1CCSP(NC)S1. The summed E-state index contributed by atoms with van der Waals surface area (Å²) in [4.78, 5) is 0. The Balaban J connectivity index is 2.33. The van der Waals surface area contributed by atoms with Crippen molar-refractivity contribution >= 4 is 29.2 Å². The van der Waals surface area contributed by atoms with Crippen LogP contribution in [-0.4, -0.2) is 18.1 Å². The standard InChI is InChI=1S/C6H10NPS2/c1-3-6-4-5-9-8(7-2)10-6/h1,6-7H,4-5H2,2H3. The van der Waals surface area contributed by atoms with Crippen LogP contribution in [0.15, 0.2) is 0 Å². The summed E-state index contributed by atoms with van der Waals surface area (Å²) >= 11 is 3.92. The lowest BCUT2D eigenvalue weighted by Gasteiger charge is -2.23. The van der Waals surface area contributed by atoms with Gasteiger partial charge in [0.05, 0.1) is 11.7 Å². The molecule has 0 aromatic carbocycles. The highest BCUT2D eigenvalue weighted by Crippen LogP contribution is 2.62. The molecule has 1 fully saturated rings. The van der Waals surface area contributed by atoms with Crippen molar-refractivity contribution in [2.75, 3.05) is 12.8 Å². The van der Waals surface area contributed by atoms with E-state index in [0.717, 1.165) is 0 Å². The van der Waals surface area contributed by atoms with E-state index >= 15 is 0 Å². The van der Waals surface area contributed by atoms with Gasteiger partial charge in [-0.25, -0.2) is 0 Å². The van der Waals surface area contributed by atoms with Crippen LogP contribution in [0.25, 0.3) is 0 Å². The molecule has 0 spiro atoms. The van der Waals surface area contributed by atoms with Gasteiger partial charge >= 0.3 is 0 Å². The molecule has 0 radical (unpaired) electrons. The van der Waals surface area contributed by atoms with Crippen LogP contribution in [0.2, 0.25) is 0 Å². The lowest BCUT2D eigenvalue weighted by Crippen LogP contribution is -2.07. The number of hydrogen-bond acceptors (Lipinski definition) is 3. The molecule has 0 saturated carbocycles. The molecule has 0 bridgehead atoms. The van der Waals surface area contributed by atoms with Crippen LogP contribution in [0, 0.1) is 12.3 Å². The smallest absolute Gasteiger partial charge is 0.0856 e. The zero-order chi connectivity index (χ0) is 7.40. The maximum atomic E-state index is 5.32. The van der Waals surface area contributed by atoms with Gasteiger partial charge in [0.2, 0.25) is 0 Å². The predicted molar refractivity (Wildman–Crippen MR) is 53.3 cm³/mol. The summed E-state index contributed by atoms with van der Waals surface area (Å²) in [7, 11) is 2.00. The highest BCUT2D eigenvalue weighted by Gasteiger charge is 2.19. The minimum atomic E-state index is -0.0738. The zero-order valence-electron chi connectivity index (χ0n) is 5.83. The Morgan fingerprint density at radius 2 is 2.60 bits per heavy atom. The number of hydrogen-bond donors (Lipinski definition) is 1. The first-order valence-corrected chi connectivity index (χ1v) is 7.52. The molecule has 2 unspecified atom stereocenters. The van der Waals surface area contributed by atoms with Crippen molar-refractivity contribution in [3.8, 4) is 12.3 Å². The molecule has 0 amide bonds. The van der Waals surface area contributed by atoms with E-state index in [4.69, 9.17) is 6.42 Å². The van der Waals surface area contributed by atoms with Gasteiger partial charge in [-0.1, -0.05) is 17.3 Å². The first kappa shape index (κ1) is 8.74. The van der Waals surface area contributed by atoms with Crippen molar-refractivity contribution in [3.63, 3.8) is 0 Å². The van der Waals surface area contributed by atoms with Crippen molar-refractivity contribution in [2.24, 2.45) is 0 Å². The number of nitrogens with one attached hydrogen (secondary N) is 1. The lowest BCUT2D eigenvalue weighted by atomic mass is 10.3. The van der Waals surface area contributed by atoms with Crippen LogP contribution in [0.4, 0.5) is 0 Å². The van der Waals surface area contributed by atoms with Gasteiger partial charge in [-0.15, -0.1) is 17.8 Å². The van der Waals surface area contributed by atoms with Gasteiger partial charge in [0.15, 0.2) is 0 Å². The normalized spacial score (nSPS) is 33.2. The molecule has 1 heterocycles. The van der Waals surface area contributed by atoms with E-state index in [1.54, 1.807) is 0 Å². The van der Waals surface area contributed by atoms with E-state index in [0.29, 0.717) is 5.25 Å². The summed E-state index contributed by atoms with van der Waals surface area (Å²) in [5, 5.41) is 3.72. The molecule has 0 aliphatic carbocycles. The monoisotopic (exact) mass is 191 g/mol. The van der Waals surface area contributed by atoms with E-state index < -0.39 is 0 Å². The van der Waals surface area contributed by atoms with Crippen LogP contribution >= 0.6 is 29.2 Å². The first-order chi connectivity index (χ1) is 4.86. The van der Waals surface area contributed by atoms with E-state index in [-0.39, 0.29) is 6.48 Å². The van der Waals surface area contributed by atoms with Gasteiger partial charge in [-0.2, -0.15) is 0 Å². The van der Waals surface area contributed by atoms with E-state index in [2.05, 4.69) is 11.0 Å². The highest BCUT2D eigenvalue weighted by atomic mass is 33.1. The Morgan fingerprint density at radius 3 is 3.20 bits per heavy atom. The summed E-state index contributed by atoms with van der Waals surface area (Å²) in [5.74, 6) is 4.01. The Bertz CT molecular complexity index is 145. The van der Waals surface area contributed by atoms with Gasteiger partial charge in [-0.05, 0) is 13.5 Å². The second-order valence-corrected chi connectivity index (χ2v) is 8.56. The third kappa shape index (κ3) is 2.36. The van der Waals surface area contributed by atoms with E-state index in [1.807, 2.05) is 29.8 Å². The van der Waals surface area contributed by atoms with Gasteiger partial charge in [0.1, 0.15) is 0 Å². The average Bonchev–Trinajstić information content (AvgIpc) is 2.05. The number of terminal acetylenes is 1. The fourth-order valence-corrected chi connectivity index (χ4v) is 7.18. The maximum Gasteiger partial charge on any atom is 0.0856 e. The summed E-state index contributed by atoms with van der Waals surface area (Å²) in [6.07, 6.45) is 6.50. The summed E-state index contributed by atoms with van der Waals surface area (Å²) in [5.41, 5.74) is 0. The second-order valence-electron chi connectivity index (χ2n) is 1.86. The molecule has 2 atom stereocenters. The molecule has 1 nitrogen and oxygen atoms in total. The third-order valence-corrected chi connectivity index (χ3v) is 8.42. The van der Waals surface area contributed by atoms with E-state index in [9.17, 15) is 0 Å². The molecule has 0 aromatic heterocycles. The van der Waals surface area contributed by atoms with Crippen LogP contribution in [0.3, 0.4) is 0 Å². The van der Waals surface area contributed by atoms with Crippen molar-refractivity contribution in [2.45, 2.75) is 11.7 Å².